The standard InChI is InChI=1S/C39H53NO3Si/c1-26(2)36-35(37(41)29-19-21-30(22-20-29)42-25-27-15-11-10-12-16-27)33(28-17-13-14-18-28)34-31(40-36)23-39(6,7)24-32(34)43-44(8,9)38(3,4)5/h10-12,15-17,19-22,26,32,37,41H,13-14,18,23-25H2,1-9H3/t32-,37+/m0/s1. The number of hydrogen-bond donors (Lipinski definition) is 1. The highest BCUT2D eigenvalue weighted by Gasteiger charge is 2.45. The lowest BCUT2D eigenvalue weighted by Gasteiger charge is -2.45. The predicted molar refractivity (Wildman–Crippen MR) is 185 cm³/mol. The molecule has 2 aliphatic carbocycles. The SMILES string of the molecule is CC(C)c1nc2c(c(C3=CCCC3)c1[C@H](O)c1ccc(OCc3ccccc3)cc1)[C@@H](O[Si](C)(C)C(C)(C)C)CC(C)(C)C2. The number of fused-ring (bicyclic) bond motifs is 1. The van der Waals surface area contributed by atoms with E-state index >= 15 is 0 Å². The quantitative estimate of drug-likeness (QED) is 0.245. The first-order valence-corrected chi connectivity index (χ1v) is 19.5. The van der Waals surface area contributed by atoms with Crippen LogP contribution in [0.4, 0.5) is 0 Å². The molecule has 2 aromatic carbocycles. The van der Waals surface area contributed by atoms with Crippen LogP contribution < -0.4 is 4.74 Å². The lowest BCUT2D eigenvalue weighted by molar-refractivity contribution is 0.105. The third-order valence-corrected chi connectivity index (χ3v) is 14.4. The predicted octanol–water partition coefficient (Wildman–Crippen LogP) is 10.5. The molecule has 1 aromatic heterocycles. The van der Waals surface area contributed by atoms with Gasteiger partial charge in [0, 0.05) is 22.5 Å². The monoisotopic (exact) mass is 611 g/mol. The highest BCUT2D eigenvalue weighted by atomic mass is 28.4. The fraction of sp³-hybridized carbons (Fsp3) is 0.513. The smallest absolute Gasteiger partial charge is 0.192 e. The second-order valence-electron chi connectivity index (χ2n) is 15.6. The molecule has 2 atom stereocenters. The lowest BCUT2D eigenvalue weighted by atomic mass is 9.71. The van der Waals surface area contributed by atoms with E-state index in [1.807, 2.05) is 42.5 Å². The van der Waals surface area contributed by atoms with Crippen molar-refractivity contribution in [1.82, 2.24) is 4.98 Å². The van der Waals surface area contributed by atoms with E-state index < -0.39 is 14.4 Å². The van der Waals surface area contributed by atoms with Crippen molar-refractivity contribution in [3.05, 3.63) is 99.9 Å². The zero-order valence-corrected chi connectivity index (χ0v) is 29.5. The number of aliphatic hydroxyl groups is 1. The number of nitrogens with zero attached hydrogens (tertiary/aromatic N) is 1. The summed E-state index contributed by atoms with van der Waals surface area (Å²) in [6.45, 7) is 21.3. The third kappa shape index (κ3) is 6.90. The van der Waals surface area contributed by atoms with Gasteiger partial charge in [-0.05, 0) is 96.0 Å². The van der Waals surface area contributed by atoms with Crippen LogP contribution >= 0.6 is 0 Å². The normalized spacial score (nSPS) is 19.1. The molecule has 0 fully saturated rings. The van der Waals surface area contributed by atoms with Crippen molar-refractivity contribution in [2.24, 2.45) is 5.41 Å². The summed E-state index contributed by atoms with van der Waals surface area (Å²) in [5, 5.41) is 12.4. The molecule has 0 spiro atoms. The molecule has 2 aliphatic rings. The van der Waals surface area contributed by atoms with Crippen LogP contribution in [0.1, 0.15) is 131 Å². The van der Waals surface area contributed by atoms with E-state index in [0.29, 0.717) is 6.61 Å². The lowest BCUT2D eigenvalue weighted by Crippen LogP contribution is -2.44. The first-order chi connectivity index (χ1) is 20.7. The van der Waals surface area contributed by atoms with E-state index in [1.165, 1.54) is 16.7 Å². The summed E-state index contributed by atoms with van der Waals surface area (Å²) in [6, 6.07) is 18.2. The van der Waals surface area contributed by atoms with E-state index in [-0.39, 0.29) is 22.5 Å². The van der Waals surface area contributed by atoms with Gasteiger partial charge >= 0.3 is 0 Å². The van der Waals surface area contributed by atoms with Gasteiger partial charge in [0.1, 0.15) is 18.5 Å². The fourth-order valence-electron chi connectivity index (χ4n) is 6.54. The molecule has 5 heteroatoms. The molecular weight excluding hydrogens is 559 g/mol. The summed E-state index contributed by atoms with van der Waals surface area (Å²) in [4.78, 5) is 5.43. The second-order valence-corrected chi connectivity index (χ2v) is 20.3. The minimum absolute atomic E-state index is 0.0421. The van der Waals surface area contributed by atoms with Crippen LogP contribution in [0, 0.1) is 5.41 Å². The molecule has 236 valence electrons. The van der Waals surface area contributed by atoms with Crippen LogP contribution in [0.2, 0.25) is 18.1 Å². The Morgan fingerprint density at radius 1 is 1.02 bits per heavy atom. The van der Waals surface area contributed by atoms with Crippen molar-refractivity contribution >= 4 is 13.9 Å². The Morgan fingerprint density at radius 2 is 1.70 bits per heavy atom. The van der Waals surface area contributed by atoms with Crippen LogP contribution in [0.25, 0.3) is 5.57 Å². The van der Waals surface area contributed by atoms with Gasteiger partial charge < -0.3 is 14.3 Å². The van der Waals surface area contributed by atoms with E-state index in [9.17, 15) is 5.11 Å². The van der Waals surface area contributed by atoms with Gasteiger partial charge in [-0.1, -0.05) is 97.0 Å². The Bertz CT molecular complexity index is 1480. The number of benzene rings is 2. The molecule has 0 aliphatic heterocycles. The number of aliphatic hydroxyl groups excluding tert-OH is 1. The van der Waals surface area contributed by atoms with Crippen molar-refractivity contribution in [3.8, 4) is 5.75 Å². The molecule has 0 radical (unpaired) electrons. The number of hydrogen-bond acceptors (Lipinski definition) is 4. The Labute approximate surface area is 267 Å². The molecule has 0 saturated heterocycles. The molecule has 5 rings (SSSR count). The second kappa shape index (κ2) is 12.6. The van der Waals surface area contributed by atoms with Crippen LogP contribution in [0.5, 0.6) is 5.75 Å². The van der Waals surface area contributed by atoms with Crippen molar-refractivity contribution in [2.75, 3.05) is 0 Å². The maximum atomic E-state index is 12.3. The number of rotatable bonds is 9. The molecule has 44 heavy (non-hydrogen) atoms. The largest absolute Gasteiger partial charge is 0.489 e. The average molecular weight is 612 g/mol. The summed E-state index contributed by atoms with van der Waals surface area (Å²) in [6.07, 6.45) is 6.68. The van der Waals surface area contributed by atoms with Crippen LogP contribution in [-0.2, 0) is 17.5 Å². The van der Waals surface area contributed by atoms with E-state index in [4.69, 9.17) is 14.1 Å². The average Bonchev–Trinajstić information content (AvgIpc) is 3.49. The first-order valence-electron chi connectivity index (χ1n) is 16.6. The Hall–Kier alpha value is -2.73. The summed E-state index contributed by atoms with van der Waals surface area (Å²) < 4.78 is 13.4. The van der Waals surface area contributed by atoms with Gasteiger partial charge in [-0.2, -0.15) is 0 Å². The maximum Gasteiger partial charge on any atom is 0.192 e. The Balaban J connectivity index is 1.61. The molecule has 0 saturated carbocycles. The highest BCUT2D eigenvalue weighted by molar-refractivity contribution is 6.74. The summed E-state index contributed by atoms with van der Waals surface area (Å²) >= 11 is 0. The van der Waals surface area contributed by atoms with Gasteiger partial charge in [-0.3, -0.25) is 4.98 Å². The van der Waals surface area contributed by atoms with Gasteiger partial charge in [0.15, 0.2) is 8.32 Å². The third-order valence-electron chi connectivity index (χ3n) is 9.96. The summed E-state index contributed by atoms with van der Waals surface area (Å²) in [5.74, 6) is 0.963. The molecule has 1 N–H and O–H groups in total. The number of allylic oxidation sites excluding steroid dienone is 2. The van der Waals surface area contributed by atoms with Gasteiger partial charge in [-0.15, -0.1) is 0 Å². The molecule has 0 unspecified atom stereocenters. The zero-order valence-electron chi connectivity index (χ0n) is 28.5. The van der Waals surface area contributed by atoms with Crippen LogP contribution in [-0.4, -0.2) is 18.4 Å². The molecular formula is C39H53NO3Si. The van der Waals surface area contributed by atoms with Gasteiger partial charge in [0.2, 0.25) is 0 Å². The summed E-state index contributed by atoms with van der Waals surface area (Å²) in [7, 11) is -2.09. The highest BCUT2D eigenvalue weighted by Crippen LogP contribution is 2.52. The van der Waals surface area contributed by atoms with Gasteiger partial charge in [-0.25, -0.2) is 0 Å². The van der Waals surface area contributed by atoms with Crippen molar-refractivity contribution in [3.63, 3.8) is 0 Å². The van der Waals surface area contributed by atoms with Crippen molar-refractivity contribution < 1.29 is 14.3 Å². The Morgan fingerprint density at radius 3 is 2.30 bits per heavy atom. The van der Waals surface area contributed by atoms with Crippen molar-refractivity contribution in [2.45, 2.75) is 123 Å². The molecule has 1 heterocycles. The van der Waals surface area contributed by atoms with Crippen LogP contribution in [0.15, 0.2) is 60.7 Å². The van der Waals surface area contributed by atoms with E-state index in [1.54, 1.807) is 0 Å². The first kappa shape index (κ1) is 32.7. The maximum absolute atomic E-state index is 12.3. The number of pyridine rings is 1. The molecule has 3 aromatic rings. The van der Waals surface area contributed by atoms with E-state index in [0.717, 1.165) is 65.9 Å². The zero-order chi connectivity index (χ0) is 31.9. The fourth-order valence-corrected chi connectivity index (χ4v) is 7.81. The van der Waals surface area contributed by atoms with E-state index in [2.05, 4.69) is 79.8 Å². The minimum Gasteiger partial charge on any atom is -0.489 e. The topological polar surface area (TPSA) is 51.6 Å². The van der Waals surface area contributed by atoms with Crippen molar-refractivity contribution in [1.29, 1.82) is 0 Å². The summed E-state index contributed by atoms with van der Waals surface area (Å²) in [5.41, 5.74) is 9.02. The molecule has 0 bridgehead atoms. The molecule has 4 nitrogen and oxygen atoms in total. The molecule has 0 amide bonds. The van der Waals surface area contributed by atoms with Gasteiger partial charge in [0.25, 0.3) is 0 Å². The number of aromatic nitrogens is 1. The Kier molecular flexibility index (Phi) is 9.33. The number of ether oxygens (including phenoxy) is 1. The van der Waals surface area contributed by atoms with Crippen LogP contribution in [0.3, 0.4) is 0 Å². The minimum atomic E-state index is -2.09. The van der Waals surface area contributed by atoms with Gasteiger partial charge in [0.05, 0.1) is 6.10 Å².